The van der Waals surface area contributed by atoms with Crippen LogP contribution in [0, 0.1) is 12.8 Å². The third-order valence-corrected chi connectivity index (χ3v) is 6.78. The number of alkyl halides is 1. The van der Waals surface area contributed by atoms with Gasteiger partial charge in [-0.05, 0) is 62.7 Å². The number of rotatable bonds is 8. The number of carboxylic acids is 1. The Morgan fingerprint density at radius 1 is 1.29 bits per heavy atom. The lowest BCUT2D eigenvalue weighted by atomic mass is 9.83. The summed E-state index contributed by atoms with van der Waals surface area (Å²) in [6.45, 7) is 2.19. The van der Waals surface area contributed by atoms with Gasteiger partial charge in [0, 0.05) is 13.0 Å². The number of aromatic nitrogens is 6. The van der Waals surface area contributed by atoms with Crippen molar-refractivity contribution in [2.24, 2.45) is 13.0 Å². The van der Waals surface area contributed by atoms with E-state index in [9.17, 15) is 14.3 Å². The molecular weight excluding hydrogens is 457 g/mol. The van der Waals surface area contributed by atoms with Crippen molar-refractivity contribution in [2.45, 2.75) is 70.2 Å². The van der Waals surface area contributed by atoms with E-state index in [0.29, 0.717) is 66.9 Å². The van der Waals surface area contributed by atoms with Gasteiger partial charge in [0.25, 0.3) is 5.95 Å². The maximum absolute atomic E-state index is 13.1. The average molecular weight is 486 g/mol. The molecule has 12 heteroatoms. The summed E-state index contributed by atoms with van der Waals surface area (Å²) in [5.41, 5.74) is 2.73. The first kappa shape index (κ1) is 23.2. The van der Waals surface area contributed by atoms with Crippen molar-refractivity contribution < 1.29 is 23.6 Å². The van der Waals surface area contributed by atoms with E-state index < -0.39 is 12.1 Å². The first-order valence-electron chi connectivity index (χ1n) is 11.8. The van der Waals surface area contributed by atoms with Crippen LogP contribution < -0.4 is 10.1 Å². The van der Waals surface area contributed by atoms with Gasteiger partial charge in [0.05, 0.1) is 35.6 Å². The third-order valence-electron chi connectivity index (χ3n) is 6.78. The number of aliphatic carboxylic acids is 1. The minimum atomic E-state index is -0.788. The number of nitrogens with one attached hydrogen (secondary N) is 1. The molecule has 0 unspecified atom stereocenters. The van der Waals surface area contributed by atoms with Crippen molar-refractivity contribution in [3.05, 3.63) is 29.4 Å². The maximum Gasteiger partial charge on any atom is 0.306 e. The highest BCUT2D eigenvalue weighted by atomic mass is 19.1. The number of carboxylic acid groups (broad SMARTS) is 1. The molecule has 2 aliphatic carbocycles. The molecule has 2 atom stereocenters. The standard InChI is InChI=1S/C23H28FN7O4/c1-12-19(34-16-5-3-4-13(10-16)22(32)33)7-6-17(26-12)20-18(31(2)30-28-20)11-25-23-27-21(35-29-23)14-8-15(24)9-14/h6-7,13-16H,3-5,8-11H2,1-2H3,(H,25,29)(H,32,33)/t13-,14?,15?,16-/m0/s1. The summed E-state index contributed by atoms with van der Waals surface area (Å²) in [6, 6.07) is 3.67. The number of ether oxygens (including phenoxy) is 1. The largest absolute Gasteiger partial charge is 0.489 e. The van der Waals surface area contributed by atoms with Crippen LogP contribution in [0.3, 0.4) is 0 Å². The van der Waals surface area contributed by atoms with Crippen LogP contribution in [0.15, 0.2) is 16.7 Å². The van der Waals surface area contributed by atoms with Gasteiger partial charge in [-0.1, -0.05) is 5.21 Å². The van der Waals surface area contributed by atoms with Gasteiger partial charge in [0.15, 0.2) is 0 Å². The fourth-order valence-electron chi connectivity index (χ4n) is 4.62. The van der Waals surface area contributed by atoms with Crippen LogP contribution in [0.5, 0.6) is 5.75 Å². The summed E-state index contributed by atoms with van der Waals surface area (Å²) in [6.07, 6.45) is 2.78. The number of halogens is 1. The predicted octanol–water partition coefficient (Wildman–Crippen LogP) is 3.42. The zero-order chi connectivity index (χ0) is 24.5. The van der Waals surface area contributed by atoms with Crippen LogP contribution in [0.1, 0.15) is 61.7 Å². The van der Waals surface area contributed by atoms with Crippen LogP contribution in [0.2, 0.25) is 0 Å². The lowest BCUT2D eigenvalue weighted by molar-refractivity contribution is -0.143. The molecule has 0 radical (unpaired) electrons. The zero-order valence-corrected chi connectivity index (χ0v) is 19.6. The highest BCUT2D eigenvalue weighted by Crippen LogP contribution is 2.38. The third kappa shape index (κ3) is 4.96. The number of hydrogen-bond acceptors (Lipinski definition) is 9. The van der Waals surface area contributed by atoms with Gasteiger partial charge < -0.3 is 19.7 Å². The van der Waals surface area contributed by atoms with Crippen LogP contribution in [-0.4, -0.2) is 53.5 Å². The Morgan fingerprint density at radius 3 is 2.86 bits per heavy atom. The first-order chi connectivity index (χ1) is 16.9. The first-order valence-corrected chi connectivity index (χ1v) is 11.8. The second kappa shape index (κ2) is 9.59. The van der Waals surface area contributed by atoms with Crippen LogP contribution in [0.25, 0.3) is 11.4 Å². The van der Waals surface area contributed by atoms with Crippen LogP contribution >= 0.6 is 0 Å². The summed E-state index contributed by atoms with van der Waals surface area (Å²) in [5.74, 6) is 0.277. The van der Waals surface area contributed by atoms with Crippen molar-refractivity contribution in [3.63, 3.8) is 0 Å². The molecule has 2 fully saturated rings. The summed E-state index contributed by atoms with van der Waals surface area (Å²) in [4.78, 5) is 20.3. The molecule has 0 aliphatic heterocycles. The number of hydrogen-bond donors (Lipinski definition) is 2. The Kier molecular flexibility index (Phi) is 6.35. The summed E-state index contributed by atoms with van der Waals surface area (Å²) in [5, 5.41) is 24.8. The van der Waals surface area contributed by atoms with Crippen molar-refractivity contribution in [3.8, 4) is 17.1 Å². The minimum absolute atomic E-state index is 0.0153. The number of nitrogens with zero attached hydrogens (tertiary/aromatic N) is 6. The highest BCUT2D eigenvalue weighted by Gasteiger charge is 2.34. The Morgan fingerprint density at radius 2 is 2.11 bits per heavy atom. The molecule has 2 N–H and O–H groups in total. The summed E-state index contributed by atoms with van der Waals surface area (Å²) in [7, 11) is 1.79. The Bertz CT molecular complexity index is 1210. The molecule has 0 saturated heterocycles. The Labute approximate surface area is 201 Å². The fourth-order valence-corrected chi connectivity index (χ4v) is 4.62. The lowest BCUT2D eigenvalue weighted by Gasteiger charge is -2.27. The minimum Gasteiger partial charge on any atom is -0.489 e. The fraction of sp³-hybridized carbons (Fsp3) is 0.565. The smallest absolute Gasteiger partial charge is 0.306 e. The van der Waals surface area contributed by atoms with Crippen molar-refractivity contribution in [2.75, 3.05) is 5.32 Å². The van der Waals surface area contributed by atoms with E-state index in [1.54, 1.807) is 11.7 Å². The predicted molar refractivity (Wildman–Crippen MR) is 121 cm³/mol. The van der Waals surface area contributed by atoms with E-state index >= 15 is 0 Å². The van der Waals surface area contributed by atoms with Gasteiger partial charge in [-0.3, -0.25) is 4.79 Å². The molecule has 2 saturated carbocycles. The second-order valence-corrected chi connectivity index (χ2v) is 9.31. The molecule has 35 heavy (non-hydrogen) atoms. The SMILES string of the molecule is Cc1nc(-c2nnn(C)c2CNc2noc(C3CC(F)C3)n2)ccc1O[C@H]1CCC[C@H](C(=O)O)C1. The molecular formula is C23H28FN7O4. The Hall–Kier alpha value is -3.57. The molecule has 0 bridgehead atoms. The molecule has 0 aromatic carbocycles. The average Bonchev–Trinajstić information content (AvgIpc) is 3.43. The second-order valence-electron chi connectivity index (χ2n) is 9.31. The zero-order valence-electron chi connectivity index (χ0n) is 19.6. The van der Waals surface area contributed by atoms with Gasteiger partial charge in [0.1, 0.15) is 17.6 Å². The molecule has 0 amide bonds. The number of pyridine rings is 1. The molecule has 3 aromatic rings. The molecule has 3 aromatic heterocycles. The topological polar surface area (TPSA) is 141 Å². The maximum atomic E-state index is 13.1. The van der Waals surface area contributed by atoms with Gasteiger partial charge in [-0.15, -0.1) is 5.10 Å². The van der Waals surface area contributed by atoms with Gasteiger partial charge in [-0.25, -0.2) is 14.1 Å². The number of anilines is 1. The van der Waals surface area contributed by atoms with E-state index in [0.717, 1.165) is 18.5 Å². The van der Waals surface area contributed by atoms with Crippen LogP contribution in [-0.2, 0) is 18.4 Å². The van der Waals surface area contributed by atoms with Gasteiger partial charge >= 0.3 is 5.97 Å². The van der Waals surface area contributed by atoms with Crippen molar-refractivity contribution in [1.82, 2.24) is 30.1 Å². The van der Waals surface area contributed by atoms with Crippen molar-refractivity contribution in [1.29, 1.82) is 0 Å². The highest BCUT2D eigenvalue weighted by molar-refractivity contribution is 5.70. The van der Waals surface area contributed by atoms with Crippen molar-refractivity contribution >= 4 is 11.9 Å². The van der Waals surface area contributed by atoms with E-state index in [2.05, 4.69) is 30.8 Å². The van der Waals surface area contributed by atoms with Gasteiger partial charge in [-0.2, -0.15) is 4.98 Å². The molecule has 3 heterocycles. The van der Waals surface area contributed by atoms with E-state index in [-0.39, 0.29) is 17.9 Å². The molecule has 0 spiro atoms. The molecule has 186 valence electrons. The lowest BCUT2D eigenvalue weighted by Crippen LogP contribution is -2.29. The molecule has 11 nitrogen and oxygen atoms in total. The monoisotopic (exact) mass is 485 g/mol. The van der Waals surface area contributed by atoms with Gasteiger partial charge in [0.2, 0.25) is 5.89 Å². The normalized spacial score (nSPS) is 24.1. The molecule has 2 aliphatic rings. The van der Waals surface area contributed by atoms with E-state index in [1.807, 2.05) is 19.1 Å². The summed E-state index contributed by atoms with van der Waals surface area (Å²) >= 11 is 0. The molecule has 5 rings (SSSR count). The Balaban J connectivity index is 1.26. The summed E-state index contributed by atoms with van der Waals surface area (Å²) < 4.78 is 26.1. The van der Waals surface area contributed by atoms with Crippen LogP contribution in [0.4, 0.5) is 10.3 Å². The quantitative estimate of drug-likeness (QED) is 0.487. The number of carbonyl (C=O) groups is 1. The number of aryl methyl sites for hydroxylation is 2. The van der Waals surface area contributed by atoms with E-state index in [1.165, 1.54) is 0 Å². The van der Waals surface area contributed by atoms with E-state index in [4.69, 9.17) is 9.26 Å².